The van der Waals surface area contributed by atoms with Crippen LogP contribution in [0.1, 0.15) is 12.5 Å². The molecular weight excluding hydrogens is 206 g/mol. The molecule has 84 valence electrons. The van der Waals surface area contributed by atoms with E-state index in [2.05, 4.69) is 30.6 Å². The highest BCUT2D eigenvalue weighted by Gasteiger charge is 1.99. The van der Waals surface area contributed by atoms with Crippen LogP contribution in [0.4, 0.5) is 0 Å². The molecule has 0 radical (unpaired) electrons. The zero-order valence-corrected chi connectivity index (χ0v) is 10.4. The largest absolute Gasteiger partial charge is 0.497 e. The Hall–Kier alpha value is -0.670. The topological polar surface area (TPSA) is 21.3 Å². The summed E-state index contributed by atoms with van der Waals surface area (Å²) in [7, 11) is 1.70. The van der Waals surface area contributed by atoms with Gasteiger partial charge in [-0.05, 0) is 24.0 Å². The summed E-state index contributed by atoms with van der Waals surface area (Å²) >= 11 is 1.88. The third kappa shape index (κ3) is 4.58. The molecule has 0 aliphatic rings. The van der Waals surface area contributed by atoms with Crippen molar-refractivity contribution in [2.24, 2.45) is 0 Å². The molecule has 0 saturated heterocycles. The SMILES string of the molecule is COc1cccc(CNCC(C)SC)c1. The van der Waals surface area contributed by atoms with E-state index in [-0.39, 0.29) is 0 Å². The van der Waals surface area contributed by atoms with Crippen LogP contribution in [0.3, 0.4) is 0 Å². The second-order valence-electron chi connectivity index (χ2n) is 3.53. The highest BCUT2D eigenvalue weighted by atomic mass is 32.2. The van der Waals surface area contributed by atoms with Crippen molar-refractivity contribution in [3.63, 3.8) is 0 Å². The van der Waals surface area contributed by atoms with E-state index in [4.69, 9.17) is 4.74 Å². The Morgan fingerprint density at radius 1 is 1.47 bits per heavy atom. The van der Waals surface area contributed by atoms with Crippen LogP contribution in [-0.2, 0) is 6.54 Å². The average molecular weight is 225 g/mol. The summed E-state index contributed by atoms with van der Waals surface area (Å²) in [5.74, 6) is 0.923. The lowest BCUT2D eigenvalue weighted by Gasteiger charge is -2.10. The zero-order chi connectivity index (χ0) is 11.1. The van der Waals surface area contributed by atoms with E-state index < -0.39 is 0 Å². The van der Waals surface area contributed by atoms with Crippen molar-refractivity contribution in [1.29, 1.82) is 0 Å². The number of ether oxygens (including phenoxy) is 1. The average Bonchev–Trinajstić information content (AvgIpc) is 2.29. The Kier molecular flexibility index (Phi) is 5.58. The first kappa shape index (κ1) is 12.4. The molecule has 0 aliphatic heterocycles. The highest BCUT2D eigenvalue weighted by Crippen LogP contribution is 2.12. The molecule has 0 aliphatic carbocycles. The highest BCUT2D eigenvalue weighted by molar-refractivity contribution is 7.99. The first-order chi connectivity index (χ1) is 7.26. The monoisotopic (exact) mass is 225 g/mol. The zero-order valence-electron chi connectivity index (χ0n) is 9.62. The van der Waals surface area contributed by atoms with E-state index in [9.17, 15) is 0 Å². The number of benzene rings is 1. The number of rotatable bonds is 6. The molecule has 0 saturated carbocycles. The predicted molar refractivity (Wildman–Crippen MR) is 67.7 cm³/mol. The normalized spacial score (nSPS) is 12.5. The second kappa shape index (κ2) is 6.75. The summed E-state index contributed by atoms with van der Waals surface area (Å²) in [6, 6.07) is 8.16. The van der Waals surface area contributed by atoms with Gasteiger partial charge in [0.05, 0.1) is 7.11 Å². The Morgan fingerprint density at radius 3 is 2.93 bits per heavy atom. The van der Waals surface area contributed by atoms with Gasteiger partial charge < -0.3 is 10.1 Å². The molecule has 1 aromatic rings. The number of nitrogens with one attached hydrogen (secondary N) is 1. The Bertz CT molecular complexity index is 291. The van der Waals surface area contributed by atoms with Gasteiger partial charge >= 0.3 is 0 Å². The maximum Gasteiger partial charge on any atom is 0.119 e. The van der Waals surface area contributed by atoms with Crippen molar-refractivity contribution >= 4 is 11.8 Å². The van der Waals surface area contributed by atoms with Crippen molar-refractivity contribution in [3.8, 4) is 5.75 Å². The van der Waals surface area contributed by atoms with E-state index in [1.165, 1.54) is 5.56 Å². The molecule has 0 fully saturated rings. The van der Waals surface area contributed by atoms with Crippen LogP contribution in [0.5, 0.6) is 5.75 Å². The van der Waals surface area contributed by atoms with Gasteiger partial charge in [0, 0.05) is 18.3 Å². The van der Waals surface area contributed by atoms with Crippen LogP contribution < -0.4 is 10.1 Å². The molecular formula is C12H19NOS. The van der Waals surface area contributed by atoms with Gasteiger partial charge in [-0.2, -0.15) is 11.8 Å². The minimum Gasteiger partial charge on any atom is -0.497 e. The Labute approximate surface area is 96.4 Å². The van der Waals surface area contributed by atoms with Crippen molar-refractivity contribution in [1.82, 2.24) is 5.32 Å². The Balaban J connectivity index is 2.37. The number of thioether (sulfide) groups is 1. The van der Waals surface area contributed by atoms with Crippen LogP contribution in [-0.4, -0.2) is 25.2 Å². The van der Waals surface area contributed by atoms with E-state index >= 15 is 0 Å². The van der Waals surface area contributed by atoms with E-state index in [1.807, 2.05) is 23.9 Å². The summed E-state index contributed by atoms with van der Waals surface area (Å²) < 4.78 is 5.17. The smallest absolute Gasteiger partial charge is 0.119 e. The first-order valence-electron chi connectivity index (χ1n) is 5.12. The minimum absolute atomic E-state index is 0.663. The molecule has 1 rings (SSSR count). The van der Waals surface area contributed by atoms with Gasteiger partial charge in [-0.3, -0.25) is 0 Å². The third-order valence-corrected chi connectivity index (χ3v) is 3.27. The molecule has 0 aromatic heterocycles. The lowest BCUT2D eigenvalue weighted by atomic mass is 10.2. The summed E-state index contributed by atoms with van der Waals surface area (Å²) in [5, 5.41) is 4.09. The quantitative estimate of drug-likeness (QED) is 0.804. The van der Waals surface area contributed by atoms with Gasteiger partial charge in [-0.25, -0.2) is 0 Å². The minimum atomic E-state index is 0.663. The Morgan fingerprint density at radius 2 is 2.27 bits per heavy atom. The maximum absolute atomic E-state index is 5.17. The number of hydrogen-bond acceptors (Lipinski definition) is 3. The lowest BCUT2D eigenvalue weighted by molar-refractivity contribution is 0.414. The van der Waals surface area contributed by atoms with Crippen LogP contribution in [0.25, 0.3) is 0 Å². The van der Waals surface area contributed by atoms with Crippen molar-refractivity contribution in [2.75, 3.05) is 19.9 Å². The molecule has 0 spiro atoms. The standard InChI is InChI=1S/C12H19NOS/c1-10(15-3)8-13-9-11-5-4-6-12(7-11)14-2/h4-7,10,13H,8-9H2,1-3H3. The fraction of sp³-hybridized carbons (Fsp3) is 0.500. The summed E-state index contributed by atoms with van der Waals surface area (Å²) in [4.78, 5) is 0. The lowest BCUT2D eigenvalue weighted by Crippen LogP contribution is -2.21. The van der Waals surface area contributed by atoms with E-state index in [1.54, 1.807) is 7.11 Å². The van der Waals surface area contributed by atoms with E-state index in [0.717, 1.165) is 18.8 Å². The van der Waals surface area contributed by atoms with Gasteiger partial charge in [0.1, 0.15) is 5.75 Å². The van der Waals surface area contributed by atoms with Gasteiger partial charge in [0.25, 0.3) is 0 Å². The molecule has 3 heteroatoms. The van der Waals surface area contributed by atoms with Crippen LogP contribution in [0.15, 0.2) is 24.3 Å². The third-order valence-electron chi connectivity index (χ3n) is 2.30. The van der Waals surface area contributed by atoms with Gasteiger partial charge in [-0.15, -0.1) is 0 Å². The fourth-order valence-corrected chi connectivity index (χ4v) is 1.57. The molecule has 0 bridgehead atoms. The van der Waals surface area contributed by atoms with Crippen molar-refractivity contribution in [3.05, 3.63) is 29.8 Å². The van der Waals surface area contributed by atoms with E-state index in [0.29, 0.717) is 5.25 Å². The second-order valence-corrected chi connectivity index (χ2v) is 4.80. The molecule has 2 nitrogen and oxygen atoms in total. The van der Waals surface area contributed by atoms with Gasteiger partial charge in [-0.1, -0.05) is 19.1 Å². The fourth-order valence-electron chi connectivity index (χ4n) is 1.29. The van der Waals surface area contributed by atoms with Gasteiger partial charge in [0.15, 0.2) is 0 Å². The van der Waals surface area contributed by atoms with Gasteiger partial charge in [0.2, 0.25) is 0 Å². The molecule has 0 amide bonds. The maximum atomic E-state index is 5.17. The molecule has 1 aromatic carbocycles. The van der Waals surface area contributed by atoms with Crippen LogP contribution in [0, 0.1) is 0 Å². The molecule has 1 unspecified atom stereocenters. The van der Waals surface area contributed by atoms with Crippen LogP contribution >= 0.6 is 11.8 Å². The molecule has 15 heavy (non-hydrogen) atoms. The summed E-state index contributed by atoms with van der Waals surface area (Å²) in [5.41, 5.74) is 1.27. The molecule has 1 N–H and O–H groups in total. The first-order valence-corrected chi connectivity index (χ1v) is 6.41. The molecule has 0 heterocycles. The summed E-state index contributed by atoms with van der Waals surface area (Å²) in [6.45, 7) is 4.17. The predicted octanol–water partition coefficient (Wildman–Crippen LogP) is 2.54. The summed E-state index contributed by atoms with van der Waals surface area (Å²) in [6.07, 6.45) is 2.14. The number of methoxy groups -OCH3 is 1. The van der Waals surface area contributed by atoms with Crippen molar-refractivity contribution < 1.29 is 4.74 Å². The van der Waals surface area contributed by atoms with Crippen molar-refractivity contribution in [2.45, 2.75) is 18.7 Å². The molecule has 1 atom stereocenters. The number of hydrogen-bond donors (Lipinski definition) is 1. The van der Waals surface area contributed by atoms with Crippen LogP contribution in [0.2, 0.25) is 0 Å².